The van der Waals surface area contributed by atoms with Crippen LogP contribution in [0.15, 0.2) is 24.3 Å². The maximum Gasteiger partial charge on any atom is 0.323 e. The molecule has 0 atom stereocenters. The molecule has 0 radical (unpaired) electrons. The van der Waals surface area contributed by atoms with Gasteiger partial charge in [-0.05, 0) is 43.4 Å². The number of aliphatic carboxylic acids is 1. The van der Waals surface area contributed by atoms with Crippen molar-refractivity contribution in [2.75, 3.05) is 26.8 Å². The second-order valence-electron chi connectivity index (χ2n) is 6.67. The molecule has 7 heteroatoms. The molecule has 1 amide bonds. The lowest BCUT2D eigenvalue weighted by atomic mass is 10.1. The van der Waals surface area contributed by atoms with E-state index in [4.69, 9.17) is 9.84 Å². The van der Waals surface area contributed by atoms with E-state index in [1.807, 2.05) is 16.8 Å². The van der Waals surface area contributed by atoms with E-state index >= 15 is 0 Å². The van der Waals surface area contributed by atoms with Gasteiger partial charge in [-0.15, -0.1) is 0 Å². The average molecular weight is 371 g/mol. The topological polar surface area (TPSA) is 84.7 Å². The maximum atomic E-state index is 13.0. The molecule has 1 aliphatic rings. The first-order valence-corrected chi connectivity index (χ1v) is 9.25. The summed E-state index contributed by atoms with van der Waals surface area (Å²) in [5.74, 6) is -1.40. The van der Waals surface area contributed by atoms with Crippen molar-refractivity contribution in [1.29, 1.82) is 0 Å². The Balaban J connectivity index is 1.95. The van der Waals surface area contributed by atoms with Crippen LogP contribution in [0, 0.1) is 0 Å². The smallest absolute Gasteiger partial charge is 0.323 e. The zero-order valence-corrected chi connectivity index (χ0v) is 15.8. The van der Waals surface area contributed by atoms with Gasteiger partial charge in [0, 0.05) is 24.9 Å². The van der Waals surface area contributed by atoms with Crippen LogP contribution in [-0.2, 0) is 28.8 Å². The van der Waals surface area contributed by atoms with Crippen molar-refractivity contribution >= 4 is 11.9 Å². The molecule has 0 bridgehead atoms. The Morgan fingerprint density at radius 1 is 1.26 bits per heavy atom. The largest absolute Gasteiger partial charge is 0.480 e. The number of nitrogens with zero attached hydrogens (tertiary/aromatic N) is 3. The van der Waals surface area contributed by atoms with Gasteiger partial charge in [0.15, 0.2) is 5.69 Å². The van der Waals surface area contributed by atoms with Crippen molar-refractivity contribution in [1.82, 2.24) is 14.7 Å². The lowest BCUT2D eigenvalue weighted by Gasteiger charge is -2.19. The molecule has 1 heterocycles. The summed E-state index contributed by atoms with van der Waals surface area (Å²) in [6.45, 7) is 2.23. The molecule has 2 aromatic rings. The standard InChI is InChI=1S/C20H25N3O4/c1-3-14-7-9-15(10-8-14)23-17-6-4-5-16(17)19(21-23)20(26)22(11-12-27-2)13-18(24)25/h7-10H,3-6,11-13H2,1-2H3,(H,24,25). The second-order valence-corrected chi connectivity index (χ2v) is 6.67. The van der Waals surface area contributed by atoms with Crippen LogP contribution in [0.1, 0.15) is 40.7 Å². The van der Waals surface area contributed by atoms with E-state index in [1.165, 1.54) is 17.6 Å². The number of methoxy groups -OCH3 is 1. The zero-order valence-electron chi connectivity index (χ0n) is 15.8. The highest BCUT2D eigenvalue weighted by Gasteiger charge is 2.30. The predicted octanol–water partition coefficient (Wildman–Crippen LogP) is 2.10. The number of ether oxygens (including phenoxy) is 1. The van der Waals surface area contributed by atoms with Crippen molar-refractivity contribution in [3.8, 4) is 5.69 Å². The number of aromatic nitrogens is 2. The fourth-order valence-electron chi connectivity index (χ4n) is 3.46. The zero-order chi connectivity index (χ0) is 19.4. The number of carboxylic acids is 1. The minimum Gasteiger partial charge on any atom is -0.480 e. The highest BCUT2D eigenvalue weighted by Crippen LogP contribution is 2.28. The van der Waals surface area contributed by atoms with Crippen molar-refractivity contribution in [3.05, 3.63) is 46.8 Å². The lowest BCUT2D eigenvalue weighted by molar-refractivity contribution is -0.137. The van der Waals surface area contributed by atoms with Crippen LogP contribution in [0.25, 0.3) is 5.69 Å². The monoisotopic (exact) mass is 371 g/mol. The first kappa shape index (κ1) is 19.1. The Bertz CT molecular complexity index is 826. The van der Waals surface area contributed by atoms with Crippen molar-refractivity contribution in [2.45, 2.75) is 32.6 Å². The molecule has 1 aromatic carbocycles. The number of rotatable bonds is 8. The van der Waals surface area contributed by atoms with Crippen molar-refractivity contribution in [3.63, 3.8) is 0 Å². The molecular formula is C20H25N3O4. The molecule has 144 valence electrons. The Kier molecular flexibility index (Phi) is 5.91. The highest BCUT2D eigenvalue weighted by atomic mass is 16.5. The van der Waals surface area contributed by atoms with E-state index in [0.29, 0.717) is 5.69 Å². The molecule has 0 spiro atoms. The van der Waals surface area contributed by atoms with Gasteiger partial charge in [-0.2, -0.15) is 5.10 Å². The molecule has 0 fully saturated rings. The van der Waals surface area contributed by atoms with Crippen LogP contribution in [-0.4, -0.2) is 58.5 Å². The highest BCUT2D eigenvalue weighted by molar-refractivity contribution is 5.96. The number of fused-ring (bicyclic) bond motifs is 1. The van der Waals surface area contributed by atoms with Gasteiger partial charge in [0.25, 0.3) is 5.91 Å². The van der Waals surface area contributed by atoms with Gasteiger partial charge in [0.1, 0.15) is 6.54 Å². The van der Waals surface area contributed by atoms with Crippen LogP contribution in [0.4, 0.5) is 0 Å². The van der Waals surface area contributed by atoms with E-state index in [2.05, 4.69) is 24.2 Å². The van der Waals surface area contributed by atoms with Gasteiger partial charge in [-0.25, -0.2) is 4.68 Å². The summed E-state index contributed by atoms with van der Waals surface area (Å²) in [7, 11) is 1.52. The minimum absolute atomic E-state index is 0.217. The number of carbonyl (C=O) groups is 2. The summed E-state index contributed by atoms with van der Waals surface area (Å²) in [6, 6.07) is 8.15. The van der Waals surface area contributed by atoms with Gasteiger partial charge < -0.3 is 14.7 Å². The molecule has 27 heavy (non-hydrogen) atoms. The van der Waals surface area contributed by atoms with Crippen LogP contribution >= 0.6 is 0 Å². The van der Waals surface area contributed by atoms with Gasteiger partial charge in [-0.3, -0.25) is 9.59 Å². The van der Waals surface area contributed by atoms with Crippen LogP contribution < -0.4 is 0 Å². The number of carboxylic acid groups (broad SMARTS) is 1. The van der Waals surface area contributed by atoms with Crippen LogP contribution in [0.2, 0.25) is 0 Å². The minimum atomic E-state index is -1.05. The Morgan fingerprint density at radius 2 is 2.00 bits per heavy atom. The number of hydrogen-bond donors (Lipinski definition) is 1. The predicted molar refractivity (Wildman–Crippen MR) is 100 cm³/mol. The Labute approximate surface area is 158 Å². The van der Waals surface area contributed by atoms with E-state index in [1.54, 1.807) is 0 Å². The summed E-state index contributed by atoms with van der Waals surface area (Å²) < 4.78 is 6.85. The average Bonchev–Trinajstić information content (AvgIpc) is 3.27. The summed E-state index contributed by atoms with van der Waals surface area (Å²) in [5.41, 5.74) is 4.51. The number of amides is 1. The molecule has 0 unspecified atom stereocenters. The van der Waals surface area contributed by atoms with E-state index < -0.39 is 5.97 Å². The van der Waals surface area contributed by atoms with E-state index in [-0.39, 0.29) is 25.6 Å². The number of hydrogen-bond acceptors (Lipinski definition) is 4. The van der Waals surface area contributed by atoms with Gasteiger partial charge in [0.2, 0.25) is 0 Å². The summed E-state index contributed by atoms with van der Waals surface area (Å²) in [5, 5.41) is 13.7. The molecule has 0 saturated heterocycles. The maximum absolute atomic E-state index is 13.0. The number of carbonyl (C=O) groups excluding carboxylic acids is 1. The molecule has 1 N–H and O–H groups in total. The fourth-order valence-corrected chi connectivity index (χ4v) is 3.46. The van der Waals surface area contributed by atoms with Crippen molar-refractivity contribution in [2.24, 2.45) is 0 Å². The van der Waals surface area contributed by atoms with Crippen molar-refractivity contribution < 1.29 is 19.4 Å². The van der Waals surface area contributed by atoms with Gasteiger partial charge in [-0.1, -0.05) is 19.1 Å². The summed E-state index contributed by atoms with van der Waals surface area (Å²) >= 11 is 0. The van der Waals surface area contributed by atoms with Gasteiger partial charge >= 0.3 is 5.97 Å². The summed E-state index contributed by atoms with van der Waals surface area (Å²) in [6.07, 6.45) is 3.58. The normalized spacial score (nSPS) is 12.8. The van der Waals surface area contributed by atoms with Crippen LogP contribution in [0.3, 0.4) is 0 Å². The SMILES string of the molecule is CCc1ccc(-n2nc(C(=O)N(CCOC)CC(=O)O)c3c2CCC3)cc1. The number of benzene rings is 1. The second kappa shape index (κ2) is 8.35. The molecule has 0 saturated carbocycles. The first-order chi connectivity index (χ1) is 13.0. The van der Waals surface area contributed by atoms with E-state index in [9.17, 15) is 9.59 Å². The van der Waals surface area contributed by atoms with Crippen LogP contribution in [0.5, 0.6) is 0 Å². The molecule has 0 aliphatic heterocycles. The molecule has 7 nitrogen and oxygen atoms in total. The van der Waals surface area contributed by atoms with E-state index in [0.717, 1.165) is 42.6 Å². The first-order valence-electron chi connectivity index (χ1n) is 9.25. The third-order valence-corrected chi connectivity index (χ3v) is 4.90. The quantitative estimate of drug-likeness (QED) is 0.768. The summed E-state index contributed by atoms with van der Waals surface area (Å²) in [4.78, 5) is 25.5. The Morgan fingerprint density at radius 3 is 2.63 bits per heavy atom. The third-order valence-electron chi connectivity index (χ3n) is 4.90. The number of aryl methyl sites for hydroxylation is 1. The molecule has 1 aromatic heterocycles. The van der Waals surface area contributed by atoms with Gasteiger partial charge in [0.05, 0.1) is 12.3 Å². The molecular weight excluding hydrogens is 346 g/mol. The third kappa shape index (κ3) is 4.03. The molecule has 1 aliphatic carbocycles. The Hall–Kier alpha value is -2.67. The fraction of sp³-hybridized carbons (Fsp3) is 0.450. The lowest BCUT2D eigenvalue weighted by Crippen LogP contribution is -2.38. The molecule has 3 rings (SSSR count).